The van der Waals surface area contributed by atoms with E-state index in [1.54, 1.807) is 0 Å². The van der Waals surface area contributed by atoms with E-state index in [0.29, 0.717) is 11.8 Å². The van der Waals surface area contributed by atoms with Gasteiger partial charge in [-0.2, -0.15) is 9.61 Å². The number of unbranched alkanes of at least 4 members (excludes halogenated alkanes) is 4. The van der Waals surface area contributed by atoms with Gasteiger partial charge < -0.3 is 15.3 Å². The Bertz CT molecular complexity index is 1770. The van der Waals surface area contributed by atoms with Crippen LogP contribution in [-0.4, -0.2) is 76.4 Å². The van der Waals surface area contributed by atoms with Crippen LogP contribution in [0.3, 0.4) is 0 Å². The summed E-state index contributed by atoms with van der Waals surface area (Å²) in [5.74, 6) is 3.55. The van der Waals surface area contributed by atoms with Gasteiger partial charge in [0.2, 0.25) is 5.91 Å². The average molecular weight is 747 g/mol. The van der Waals surface area contributed by atoms with Crippen LogP contribution in [-0.2, 0) is 11.2 Å². The fourth-order valence-corrected chi connectivity index (χ4v) is 9.99. The van der Waals surface area contributed by atoms with Crippen molar-refractivity contribution in [3.05, 3.63) is 71.9 Å². The molecule has 296 valence electrons. The van der Waals surface area contributed by atoms with Crippen LogP contribution in [0.1, 0.15) is 114 Å². The Labute approximate surface area is 330 Å². The molecule has 3 heterocycles. The van der Waals surface area contributed by atoms with E-state index in [9.17, 15) is 9.90 Å². The third kappa shape index (κ3) is 10.4. The first kappa shape index (κ1) is 39.5. The summed E-state index contributed by atoms with van der Waals surface area (Å²) in [6, 6.07) is 21.7. The summed E-state index contributed by atoms with van der Waals surface area (Å²) in [6.07, 6.45) is 21.2. The average Bonchev–Trinajstić information content (AvgIpc) is 3.57. The van der Waals surface area contributed by atoms with Crippen LogP contribution >= 0.6 is 0 Å². The number of aliphatic hydroxyl groups is 1. The third-order valence-electron chi connectivity index (χ3n) is 13.0. The number of hydrogen-bond acceptors (Lipinski definition) is 6. The molecule has 2 aromatic heterocycles. The minimum Gasteiger partial charge on any atom is -0.395 e. The van der Waals surface area contributed by atoms with Gasteiger partial charge in [0.1, 0.15) is 5.82 Å². The van der Waals surface area contributed by atoms with Crippen molar-refractivity contribution in [1.29, 1.82) is 0 Å². The molecule has 1 aliphatic heterocycles. The van der Waals surface area contributed by atoms with Crippen molar-refractivity contribution in [1.82, 2.24) is 24.8 Å². The van der Waals surface area contributed by atoms with Crippen LogP contribution in [0.4, 0.5) is 5.82 Å². The fraction of sp³-hybridized carbons (Fsp3) is 0.596. The van der Waals surface area contributed by atoms with Gasteiger partial charge in [0.25, 0.3) is 0 Å². The van der Waals surface area contributed by atoms with Crippen LogP contribution in [0, 0.1) is 24.7 Å². The van der Waals surface area contributed by atoms with Crippen molar-refractivity contribution in [2.45, 2.75) is 116 Å². The normalized spacial score (nSPS) is 17.7. The number of fused-ring (bicyclic) bond motifs is 1. The number of anilines is 1. The van der Waals surface area contributed by atoms with Gasteiger partial charge in [0, 0.05) is 62.9 Å². The quantitative estimate of drug-likeness (QED) is 0.105. The number of nitrogens with one attached hydrogen (secondary N) is 1. The van der Waals surface area contributed by atoms with E-state index >= 15 is 0 Å². The molecule has 0 atom stereocenters. The maximum atomic E-state index is 13.1. The Balaban J connectivity index is 0.927. The number of nitrogens with zero attached hydrogens (tertiary/aromatic N) is 5. The highest BCUT2D eigenvalue weighted by Crippen LogP contribution is 2.42. The first-order valence-electron chi connectivity index (χ1n) is 22.0. The monoisotopic (exact) mass is 747 g/mol. The van der Waals surface area contributed by atoms with Crippen molar-refractivity contribution >= 4 is 17.4 Å². The smallest absolute Gasteiger partial charge is 0.220 e. The van der Waals surface area contributed by atoms with Crippen molar-refractivity contribution < 1.29 is 9.90 Å². The zero-order valence-electron chi connectivity index (χ0n) is 33.6. The molecule has 4 aromatic rings. The van der Waals surface area contributed by atoms with Crippen molar-refractivity contribution in [3.63, 3.8) is 0 Å². The van der Waals surface area contributed by atoms with E-state index in [1.165, 1.54) is 89.0 Å². The molecular weight excluding hydrogens is 681 g/mol. The first-order valence-corrected chi connectivity index (χ1v) is 22.0. The Hall–Kier alpha value is -3.75. The molecule has 2 aromatic carbocycles. The number of rotatable bonds is 17. The lowest BCUT2D eigenvalue weighted by molar-refractivity contribution is -0.123. The number of hydrogen-bond donors (Lipinski definition) is 2. The summed E-state index contributed by atoms with van der Waals surface area (Å²) in [4.78, 5) is 23.2. The number of aryl methyl sites for hydroxylation is 2. The predicted molar refractivity (Wildman–Crippen MR) is 225 cm³/mol. The predicted octanol–water partition coefficient (Wildman–Crippen LogP) is 9.26. The van der Waals surface area contributed by atoms with Crippen molar-refractivity contribution in [2.75, 3.05) is 50.8 Å². The van der Waals surface area contributed by atoms with Crippen LogP contribution in [0.25, 0.3) is 28.0 Å². The second-order valence-corrected chi connectivity index (χ2v) is 16.8. The second kappa shape index (κ2) is 19.9. The highest BCUT2D eigenvalue weighted by Gasteiger charge is 2.33. The van der Waals surface area contributed by atoms with Crippen molar-refractivity contribution in [3.8, 4) is 22.4 Å². The van der Waals surface area contributed by atoms with Gasteiger partial charge in [0.05, 0.1) is 18.0 Å². The van der Waals surface area contributed by atoms with Gasteiger partial charge >= 0.3 is 0 Å². The van der Waals surface area contributed by atoms with Gasteiger partial charge in [0.15, 0.2) is 5.65 Å². The number of β-amino-alcohol motifs (C(OH)–C–C–N with tert-alkyl or cyclic N) is 1. The lowest BCUT2D eigenvalue weighted by Crippen LogP contribution is -2.47. The number of carbonyl (C=O) groups is 1. The molecule has 2 saturated carbocycles. The highest BCUT2D eigenvalue weighted by molar-refractivity contribution is 5.83. The third-order valence-corrected chi connectivity index (χ3v) is 13.0. The van der Waals surface area contributed by atoms with E-state index in [1.807, 2.05) is 4.52 Å². The summed E-state index contributed by atoms with van der Waals surface area (Å²) < 4.78 is 2.05. The topological polar surface area (TPSA) is 86.0 Å². The molecule has 7 rings (SSSR count). The Morgan fingerprint density at radius 3 is 2.18 bits per heavy atom. The zero-order valence-corrected chi connectivity index (χ0v) is 33.6. The summed E-state index contributed by atoms with van der Waals surface area (Å²) in [7, 11) is 0. The number of aliphatic hydroxyl groups excluding tert-OH is 1. The number of benzene rings is 2. The minimum atomic E-state index is 0.194. The first-order chi connectivity index (χ1) is 27.1. The molecule has 0 bridgehead atoms. The molecule has 0 unspecified atom stereocenters. The standard InChI is InChI=1S/C47H66N6O2/c1-36-46(40-23-13-7-14-24-40)47-49-43(35-45(53(47)50-36)52-29-27-51(28-30-52)31-32-54)41-25-16-18-37(33-41)17-8-3-2-4-15-26-48-44(55)34-42(38-19-9-5-10-20-38)39-21-11-6-12-22-39/h7,13-14,16,18,23-25,33,35,38-39,42,54H,2-6,8-12,15,17,19-22,26-32,34H2,1H3,(H,48,55). The van der Waals surface area contributed by atoms with E-state index in [2.05, 4.69) is 82.7 Å². The van der Waals surface area contributed by atoms with Gasteiger partial charge in [-0.1, -0.05) is 132 Å². The molecule has 1 saturated heterocycles. The minimum absolute atomic E-state index is 0.194. The number of aromatic nitrogens is 3. The fourth-order valence-electron chi connectivity index (χ4n) is 9.99. The molecule has 1 amide bonds. The molecule has 3 fully saturated rings. The summed E-state index contributed by atoms with van der Waals surface area (Å²) >= 11 is 0. The Morgan fingerprint density at radius 1 is 0.800 bits per heavy atom. The number of amides is 1. The van der Waals surface area contributed by atoms with Crippen LogP contribution < -0.4 is 10.2 Å². The molecule has 2 aliphatic carbocycles. The van der Waals surface area contributed by atoms with Gasteiger partial charge in [-0.15, -0.1) is 0 Å². The maximum absolute atomic E-state index is 13.1. The van der Waals surface area contributed by atoms with Crippen LogP contribution in [0.5, 0.6) is 0 Å². The lowest BCUT2D eigenvalue weighted by atomic mass is 9.68. The van der Waals surface area contributed by atoms with Crippen LogP contribution in [0.2, 0.25) is 0 Å². The SMILES string of the molecule is Cc1nn2c(N3CCN(CCO)CC3)cc(-c3cccc(CCCCCCCNC(=O)CC(C4CCCCC4)C4CCCCC4)c3)nc2c1-c1ccccc1. The molecule has 0 radical (unpaired) electrons. The Kier molecular flexibility index (Phi) is 14.3. The molecule has 8 heteroatoms. The second-order valence-electron chi connectivity index (χ2n) is 16.8. The Morgan fingerprint density at radius 2 is 1.47 bits per heavy atom. The lowest BCUT2D eigenvalue weighted by Gasteiger charge is -2.37. The van der Waals surface area contributed by atoms with E-state index in [-0.39, 0.29) is 6.61 Å². The van der Waals surface area contributed by atoms with Gasteiger partial charge in [-0.3, -0.25) is 9.69 Å². The number of carbonyl (C=O) groups excluding carboxylic acids is 1. The molecular formula is C47H66N6O2. The number of piperazine rings is 1. The van der Waals surface area contributed by atoms with Crippen molar-refractivity contribution in [2.24, 2.45) is 17.8 Å². The van der Waals surface area contributed by atoms with E-state index < -0.39 is 0 Å². The van der Waals surface area contributed by atoms with Gasteiger partial charge in [-0.05, 0) is 61.1 Å². The van der Waals surface area contributed by atoms with E-state index in [4.69, 9.17) is 10.1 Å². The summed E-state index contributed by atoms with van der Waals surface area (Å²) in [5, 5.41) is 17.9. The summed E-state index contributed by atoms with van der Waals surface area (Å²) in [6.45, 7) is 7.41. The van der Waals surface area contributed by atoms with E-state index in [0.717, 1.165) is 116 Å². The van der Waals surface area contributed by atoms with Gasteiger partial charge in [-0.25, -0.2) is 4.98 Å². The maximum Gasteiger partial charge on any atom is 0.220 e. The summed E-state index contributed by atoms with van der Waals surface area (Å²) in [5.41, 5.74) is 7.56. The largest absolute Gasteiger partial charge is 0.395 e. The molecule has 2 N–H and O–H groups in total. The van der Waals surface area contributed by atoms with Crippen LogP contribution in [0.15, 0.2) is 60.7 Å². The molecule has 8 nitrogen and oxygen atoms in total. The molecule has 0 spiro atoms. The molecule has 55 heavy (non-hydrogen) atoms. The molecule has 3 aliphatic rings. The highest BCUT2D eigenvalue weighted by atomic mass is 16.3. The zero-order chi connectivity index (χ0) is 37.8.